The Morgan fingerprint density at radius 2 is 1.71 bits per heavy atom. The Balaban J connectivity index is 0.00000139. The number of benzene rings is 1. The topological polar surface area (TPSA) is 24.9 Å². The molecule has 1 N–H and O–H groups in total. The average molecular weight is 320 g/mol. The number of allylic oxidation sites excluding steroid dienone is 3. The molecule has 1 heterocycles. The second-order valence-electron chi connectivity index (χ2n) is 5.66. The monoisotopic (exact) mass is 320 g/mol. The summed E-state index contributed by atoms with van der Waals surface area (Å²) in [5, 5.41) is 3.50. The Morgan fingerprint density at radius 1 is 1.04 bits per heavy atom. The summed E-state index contributed by atoms with van der Waals surface area (Å²) in [4.78, 5) is 4.46. The van der Waals surface area contributed by atoms with E-state index >= 15 is 0 Å². The molecule has 0 aliphatic heterocycles. The standard InChI is InChI=1S/C20H24N2.C2H4/c1-15(18(4)22-19-10-6-5-7-11-19)12-13-17(3)20-16(2)9-8-14-21-20;1-2/h5-14,18,22H,1-4H3;1-2H2/b15-12+,17-13+;. The normalized spacial score (nSPS) is 12.8. The van der Waals surface area contributed by atoms with Crippen LogP contribution in [0.5, 0.6) is 0 Å². The molecule has 0 saturated carbocycles. The fourth-order valence-electron chi connectivity index (χ4n) is 2.28. The summed E-state index contributed by atoms with van der Waals surface area (Å²) < 4.78 is 0. The molecule has 2 rings (SSSR count). The number of anilines is 1. The first kappa shape index (κ1) is 19.4. The van der Waals surface area contributed by atoms with Gasteiger partial charge in [-0.1, -0.05) is 42.0 Å². The van der Waals surface area contributed by atoms with E-state index in [2.05, 4.69) is 81.5 Å². The van der Waals surface area contributed by atoms with E-state index in [9.17, 15) is 0 Å². The highest BCUT2D eigenvalue weighted by molar-refractivity contribution is 5.64. The fraction of sp³-hybridized carbons (Fsp3) is 0.227. The van der Waals surface area contributed by atoms with Crippen LogP contribution in [-0.4, -0.2) is 11.0 Å². The third kappa shape index (κ3) is 5.88. The van der Waals surface area contributed by atoms with Gasteiger partial charge in [0.2, 0.25) is 0 Å². The molecule has 2 heteroatoms. The Bertz CT molecular complexity index is 684. The summed E-state index contributed by atoms with van der Waals surface area (Å²) in [6.45, 7) is 14.5. The van der Waals surface area contributed by atoms with E-state index in [0.717, 1.165) is 11.4 Å². The Hall–Kier alpha value is -2.61. The highest BCUT2D eigenvalue weighted by Crippen LogP contribution is 2.17. The molecule has 2 nitrogen and oxygen atoms in total. The van der Waals surface area contributed by atoms with Crippen LogP contribution in [-0.2, 0) is 0 Å². The lowest BCUT2D eigenvalue weighted by atomic mass is 10.1. The van der Waals surface area contributed by atoms with Crippen molar-refractivity contribution in [1.29, 1.82) is 0 Å². The Kier molecular flexibility index (Phi) is 8.28. The van der Waals surface area contributed by atoms with Crippen molar-refractivity contribution >= 4 is 11.3 Å². The maximum Gasteiger partial charge on any atom is 0.0687 e. The summed E-state index contributed by atoms with van der Waals surface area (Å²) in [6, 6.07) is 14.6. The van der Waals surface area contributed by atoms with Gasteiger partial charge in [-0.3, -0.25) is 4.98 Å². The van der Waals surface area contributed by atoms with Gasteiger partial charge in [-0.15, -0.1) is 13.2 Å². The number of pyridine rings is 1. The van der Waals surface area contributed by atoms with Crippen LogP contribution < -0.4 is 5.32 Å². The van der Waals surface area contributed by atoms with Crippen molar-refractivity contribution in [2.75, 3.05) is 5.32 Å². The molecule has 0 aliphatic carbocycles. The smallest absolute Gasteiger partial charge is 0.0687 e. The second kappa shape index (κ2) is 10.2. The molecule has 126 valence electrons. The molecule has 24 heavy (non-hydrogen) atoms. The minimum atomic E-state index is 0.288. The van der Waals surface area contributed by atoms with Crippen LogP contribution in [0.1, 0.15) is 32.0 Å². The van der Waals surface area contributed by atoms with Gasteiger partial charge in [0.15, 0.2) is 0 Å². The maximum atomic E-state index is 4.46. The SMILES string of the molecule is C/C(=C\C=C(/C)C(C)Nc1ccccc1)c1ncccc1C.C=C. The number of hydrogen-bond donors (Lipinski definition) is 1. The molecule has 0 radical (unpaired) electrons. The minimum absolute atomic E-state index is 0.288. The van der Waals surface area contributed by atoms with Crippen LogP contribution in [0.15, 0.2) is 79.5 Å². The molecular formula is C22H28N2. The average Bonchev–Trinajstić information content (AvgIpc) is 2.62. The van der Waals surface area contributed by atoms with E-state index in [1.807, 2.05) is 30.5 Å². The Labute approximate surface area is 146 Å². The van der Waals surface area contributed by atoms with Crippen molar-refractivity contribution in [3.05, 3.63) is 90.8 Å². The zero-order chi connectivity index (χ0) is 17.9. The lowest BCUT2D eigenvalue weighted by molar-refractivity contribution is 0.924. The van der Waals surface area contributed by atoms with Crippen molar-refractivity contribution < 1.29 is 0 Å². The zero-order valence-corrected chi connectivity index (χ0v) is 15.2. The van der Waals surface area contributed by atoms with Gasteiger partial charge in [-0.2, -0.15) is 0 Å². The van der Waals surface area contributed by atoms with Gasteiger partial charge in [-0.25, -0.2) is 0 Å². The van der Waals surface area contributed by atoms with Gasteiger partial charge in [0.05, 0.1) is 5.69 Å². The van der Waals surface area contributed by atoms with Crippen LogP contribution in [0, 0.1) is 6.92 Å². The third-order valence-electron chi connectivity index (χ3n) is 3.82. The van der Waals surface area contributed by atoms with Crippen LogP contribution >= 0.6 is 0 Å². The lowest BCUT2D eigenvalue weighted by Gasteiger charge is -2.15. The van der Waals surface area contributed by atoms with Crippen LogP contribution in [0.2, 0.25) is 0 Å². The first-order chi connectivity index (χ1) is 11.6. The highest BCUT2D eigenvalue weighted by Gasteiger charge is 2.04. The van der Waals surface area contributed by atoms with Crippen molar-refractivity contribution in [2.45, 2.75) is 33.7 Å². The number of aryl methyl sites for hydroxylation is 1. The van der Waals surface area contributed by atoms with Gasteiger partial charge >= 0.3 is 0 Å². The summed E-state index contributed by atoms with van der Waals surface area (Å²) in [5.41, 5.74) is 5.89. The van der Waals surface area contributed by atoms with Gasteiger partial charge in [-0.05, 0) is 57.0 Å². The van der Waals surface area contributed by atoms with E-state index in [0.29, 0.717) is 0 Å². The molecule has 1 aromatic carbocycles. The molecule has 0 amide bonds. The molecule has 0 saturated heterocycles. The van der Waals surface area contributed by atoms with Gasteiger partial charge < -0.3 is 5.32 Å². The van der Waals surface area contributed by atoms with Crippen molar-refractivity contribution in [3.8, 4) is 0 Å². The fourth-order valence-corrected chi connectivity index (χ4v) is 2.28. The van der Waals surface area contributed by atoms with E-state index in [1.54, 1.807) is 0 Å². The number of hydrogen-bond acceptors (Lipinski definition) is 2. The molecule has 1 aromatic heterocycles. The number of nitrogens with zero attached hydrogens (tertiary/aromatic N) is 1. The van der Waals surface area contributed by atoms with Gasteiger partial charge in [0.1, 0.15) is 0 Å². The van der Waals surface area contributed by atoms with Crippen LogP contribution in [0.25, 0.3) is 5.57 Å². The second-order valence-corrected chi connectivity index (χ2v) is 5.66. The molecule has 0 spiro atoms. The Morgan fingerprint density at radius 3 is 2.33 bits per heavy atom. The van der Waals surface area contributed by atoms with Crippen molar-refractivity contribution in [1.82, 2.24) is 4.98 Å². The first-order valence-electron chi connectivity index (χ1n) is 8.16. The number of rotatable bonds is 5. The molecule has 2 aromatic rings. The highest BCUT2D eigenvalue weighted by atomic mass is 14.9. The molecule has 1 atom stereocenters. The van der Waals surface area contributed by atoms with Crippen molar-refractivity contribution in [3.63, 3.8) is 0 Å². The minimum Gasteiger partial charge on any atom is -0.379 e. The van der Waals surface area contributed by atoms with Gasteiger partial charge in [0.25, 0.3) is 0 Å². The molecule has 0 aliphatic rings. The maximum absolute atomic E-state index is 4.46. The quantitative estimate of drug-likeness (QED) is 0.536. The number of para-hydroxylation sites is 1. The van der Waals surface area contributed by atoms with Crippen molar-refractivity contribution in [2.24, 2.45) is 0 Å². The number of nitrogens with one attached hydrogen (secondary N) is 1. The largest absolute Gasteiger partial charge is 0.379 e. The van der Waals surface area contributed by atoms with E-state index < -0.39 is 0 Å². The number of aromatic nitrogens is 1. The summed E-state index contributed by atoms with van der Waals surface area (Å²) in [7, 11) is 0. The molecular weight excluding hydrogens is 292 g/mol. The third-order valence-corrected chi connectivity index (χ3v) is 3.82. The lowest BCUT2D eigenvalue weighted by Crippen LogP contribution is -2.16. The zero-order valence-electron chi connectivity index (χ0n) is 15.2. The molecule has 0 fully saturated rings. The summed E-state index contributed by atoms with van der Waals surface area (Å²) >= 11 is 0. The van der Waals surface area contributed by atoms with Crippen LogP contribution in [0.4, 0.5) is 5.69 Å². The van der Waals surface area contributed by atoms with E-state index in [4.69, 9.17) is 0 Å². The van der Waals surface area contributed by atoms with Crippen LogP contribution in [0.3, 0.4) is 0 Å². The van der Waals surface area contributed by atoms with E-state index in [-0.39, 0.29) is 6.04 Å². The molecule has 1 unspecified atom stereocenters. The molecule has 0 bridgehead atoms. The van der Waals surface area contributed by atoms with Gasteiger partial charge in [0, 0.05) is 17.9 Å². The summed E-state index contributed by atoms with van der Waals surface area (Å²) in [5.74, 6) is 0. The van der Waals surface area contributed by atoms with E-state index in [1.165, 1.54) is 16.7 Å². The predicted molar refractivity (Wildman–Crippen MR) is 107 cm³/mol. The predicted octanol–water partition coefficient (Wildman–Crippen LogP) is 6.04. The first-order valence-corrected chi connectivity index (χ1v) is 8.16. The summed E-state index contributed by atoms with van der Waals surface area (Å²) in [6.07, 6.45) is 6.16.